The van der Waals surface area contributed by atoms with Crippen molar-refractivity contribution in [1.29, 1.82) is 0 Å². The van der Waals surface area contributed by atoms with Crippen molar-refractivity contribution in [3.8, 4) is 0 Å². The molecule has 4 nitrogen and oxygen atoms in total. The maximum absolute atomic E-state index is 13.8. The second-order valence-corrected chi connectivity index (χ2v) is 6.06. The molecule has 0 bridgehead atoms. The number of hydrogen-bond donors (Lipinski definition) is 1. The Morgan fingerprint density at radius 2 is 2.15 bits per heavy atom. The first-order chi connectivity index (χ1) is 9.54. The van der Waals surface area contributed by atoms with Crippen molar-refractivity contribution in [2.75, 3.05) is 6.54 Å². The molecule has 1 atom stereocenters. The van der Waals surface area contributed by atoms with Gasteiger partial charge in [-0.05, 0) is 62.5 Å². The second-order valence-electron chi connectivity index (χ2n) is 4.45. The van der Waals surface area contributed by atoms with Crippen LogP contribution >= 0.6 is 31.9 Å². The summed E-state index contributed by atoms with van der Waals surface area (Å²) < 4.78 is 16.6. The van der Waals surface area contributed by atoms with Gasteiger partial charge in [0.05, 0.1) is 16.2 Å². The van der Waals surface area contributed by atoms with Gasteiger partial charge in [0.25, 0.3) is 0 Å². The molecule has 0 fully saturated rings. The fourth-order valence-electron chi connectivity index (χ4n) is 2.00. The van der Waals surface area contributed by atoms with E-state index in [1.165, 1.54) is 6.07 Å². The lowest BCUT2D eigenvalue weighted by Crippen LogP contribution is -2.25. The van der Waals surface area contributed by atoms with Gasteiger partial charge in [-0.2, -0.15) is 0 Å². The minimum absolute atomic E-state index is 0.160. The highest BCUT2D eigenvalue weighted by Crippen LogP contribution is 2.28. The highest BCUT2D eigenvalue weighted by Gasteiger charge is 2.22. The number of aryl methyl sites for hydroxylation is 1. The average molecular weight is 406 g/mol. The summed E-state index contributed by atoms with van der Waals surface area (Å²) in [7, 11) is 1.82. The lowest BCUT2D eigenvalue weighted by atomic mass is 10.0. The molecule has 108 valence electrons. The summed E-state index contributed by atoms with van der Waals surface area (Å²) in [6.07, 6.45) is 0.985. The topological polar surface area (TPSA) is 42.7 Å². The minimum atomic E-state index is -0.281. The fraction of sp³-hybridized carbons (Fsp3) is 0.385. The van der Waals surface area contributed by atoms with E-state index in [9.17, 15) is 4.39 Å². The van der Waals surface area contributed by atoms with Crippen LogP contribution in [0.25, 0.3) is 0 Å². The van der Waals surface area contributed by atoms with Gasteiger partial charge < -0.3 is 5.32 Å². The summed E-state index contributed by atoms with van der Waals surface area (Å²) in [5.74, 6) is -0.281. The Balaban J connectivity index is 2.44. The molecule has 0 amide bonds. The monoisotopic (exact) mass is 404 g/mol. The van der Waals surface area contributed by atoms with Crippen molar-refractivity contribution in [2.24, 2.45) is 7.05 Å². The lowest BCUT2D eigenvalue weighted by molar-refractivity contribution is 0.543. The van der Waals surface area contributed by atoms with Crippen molar-refractivity contribution >= 4 is 31.9 Å². The van der Waals surface area contributed by atoms with Crippen LogP contribution < -0.4 is 5.32 Å². The summed E-state index contributed by atoms with van der Waals surface area (Å²) in [6.45, 7) is 2.91. The molecule has 0 aliphatic heterocycles. The molecule has 0 radical (unpaired) electrons. The number of nitrogens with zero attached hydrogens (tertiary/aromatic N) is 3. The van der Waals surface area contributed by atoms with E-state index in [-0.39, 0.29) is 11.9 Å². The molecular weight excluding hydrogens is 391 g/mol. The van der Waals surface area contributed by atoms with Crippen molar-refractivity contribution < 1.29 is 4.39 Å². The van der Waals surface area contributed by atoms with Crippen molar-refractivity contribution in [3.63, 3.8) is 0 Å². The molecule has 2 rings (SSSR count). The molecule has 1 heterocycles. The van der Waals surface area contributed by atoms with Crippen LogP contribution in [0.4, 0.5) is 4.39 Å². The molecule has 0 aliphatic carbocycles. The van der Waals surface area contributed by atoms with Gasteiger partial charge in [0.2, 0.25) is 0 Å². The van der Waals surface area contributed by atoms with Gasteiger partial charge in [-0.1, -0.05) is 18.2 Å². The van der Waals surface area contributed by atoms with E-state index in [4.69, 9.17) is 0 Å². The van der Waals surface area contributed by atoms with Crippen LogP contribution in [0.3, 0.4) is 0 Å². The first-order valence-electron chi connectivity index (χ1n) is 6.28. The summed E-state index contributed by atoms with van der Waals surface area (Å²) in [4.78, 5) is 0. The number of rotatable bonds is 5. The average Bonchev–Trinajstić information content (AvgIpc) is 2.75. The molecule has 1 aromatic carbocycles. The maximum atomic E-state index is 13.8. The summed E-state index contributed by atoms with van der Waals surface area (Å²) in [5.41, 5.74) is 1.71. The van der Waals surface area contributed by atoms with E-state index in [2.05, 4.69) is 54.4 Å². The third-order valence-corrected chi connectivity index (χ3v) is 4.18. The van der Waals surface area contributed by atoms with Crippen LogP contribution in [0, 0.1) is 5.82 Å². The standard InChI is InChI=1S/C13H15Br2FN4/c1-3-6-17-11(12-13(15)18-19-20(12)2)8-4-5-9(14)10(16)7-8/h4-5,7,11,17H,3,6H2,1-2H3. The predicted octanol–water partition coefficient (Wildman–Crippen LogP) is 3.57. The number of halogens is 3. The van der Waals surface area contributed by atoms with Gasteiger partial charge >= 0.3 is 0 Å². The van der Waals surface area contributed by atoms with Crippen molar-refractivity contribution in [3.05, 3.63) is 44.3 Å². The van der Waals surface area contributed by atoms with Crippen LogP contribution in [-0.2, 0) is 7.05 Å². The van der Waals surface area contributed by atoms with E-state index in [0.717, 1.165) is 24.2 Å². The Morgan fingerprint density at radius 1 is 1.40 bits per heavy atom. The quantitative estimate of drug-likeness (QED) is 0.826. The van der Waals surface area contributed by atoms with E-state index in [1.54, 1.807) is 10.7 Å². The molecule has 1 aromatic heterocycles. The Labute approximate surface area is 134 Å². The first-order valence-corrected chi connectivity index (χ1v) is 7.86. The second kappa shape index (κ2) is 6.78. The number of aromatic nitrogens is 3. The maximum Gasteiger partial charge on any atom is 0.153 e. The zero-order valence-corrected chi connectivity index (χ0v) is 14.4. The summed E-state index contributed by atoms with van der Waals surface area (Å²) in [6, 6.07) is 4.96. The largest absolute Gasteiger partial charge is 0.305 e. The van der Waals surface area contributed by atoms with Crippen LogP contribution in [0.5, 0.6) is 0 Å². The molecule has 2 aromatic rings. The molecule has 0 saturated carbocycles. The molecule has 0 aliphatic rings. The minimum Gasteiger partial charge on any atom is -0.305 e. The fourth-order valence-corrected chi connectivity index (χ4v) is 2.80. The predicted molar refractivity (Wildman–Crippen MR) is 82.9 cm³/mol. The molecular formula is C13H15Br2FN4. The zero-order valence-electron chi connectivity index (χ0n) is 11.2. The number of benzene rings is 1. The Hall–Kier alpha value is -0.790. The Kier molecular flexibility index (Phi) is 5.29. The molecule has 0 spiro atoms. The third-order valence-electron chi connectivity index (χ3n) is 2.98. The molecule has 20 heavy (non-hydrogen) atoms. The van der Waals surface area contributed by atoms with Crippen LogP contribution in [0.15, 0.2) is 27.3 Å². The van der Waals surface area contributed by atoms with Crippen LogP contribution in [-0.4, -0.2) is 21.5 Å². The Bertz CT molecular complexity index is 581. The SMILES string of the molecule is CCCNC(c1ccc(Br)c(F)c1)c1c(Br)nnn1C. The summed E-state index contributed by atoms with van der Waals surface area (Å²) >= 11 is 6.58. The van der Waals surface area contributed by atoms with Gasteiger partial charge in [0.1, 0.15) is 5.82 Å². The molecule has 1 N–H and O–H groups in total. The van der Waals surface area contributed by atoms with E-state index in [1.807, 2.05) is 13.1 Å². The normalized spacial score (nSPS) is 12.7. The highest BCUT2D eigenvalue weighted by molar-refractivity contribution is 9.10. The van der Waals surface area contributed by atoms with Crippen molar-refractivity contribution in [2.45, 2.75) is 19.4 Å². The van der Waals surface area contributed by atoms with Gasteiger partial charge in [-0.15, -0.1) is 5.10 Å². The van der Waals surface area contributed by atoms with Crippen LogP contribution in [0.2, 0.25) is 0 Å². The van der Waals surface area contributed by atoms with Gasteiger partial charge in [-0.3, -0.25) is 0 Å². The molecule has 7 heteroatoms. The number of hydrogen-bond acceptors (Lipinski definition) is 3. The Morgan fingerprint density at radius 3 is 2.70 bits per heavy atom. The smallest absolute Gasteiger partial charge is 0.153 e. The number of nitrogens with one attached hydrogen (secondary N) is 1. The highest BCUT2D eigenvalue weighted by atomic mass is 79.9. The summed E-state index contributed by atoms with van der Waals surface area (Å²) in [5, 5.41) is 11.4. The van der Waals surface area contributed by atoms with Crippen molar-refractivity contribution in [1.82, 2.24) is 20.3 Å². The van der Waals surface area contributed by atoms with Gasteiger partial charge in [0, 0.05) is 7.05 Å². The van der Waals surface area contributed by atoms with E-state index in [0.29, 0.717) is 9.08 Å². The lowest BCUT2D eigenvalue weighted by Gasteiger charge is -2.19. The zero-order chi connectivity index (χ0) is 14.7. The molecule has 1 unspecified atom stereocenters. The van der Waals surface area contributed by atoms with E-state index >= 15 is 0 Å². The van der Waals surface area contributed by atoms with Crippen LogP contribution in [0.1, 0.15) is 30.6 Å². The van der Waals surface area contributed by atoms with Gasteiger partial charge in [0.15, 0.2) is 4.60 Å². The first kappa shape index (κ1) is 15.6. The van der Waals surface area contributed by atoms with Gasteiger partial charge in [-0.25, -0.2) is 9.07 Å². The molecule has 0 saturated heterocycles. The third kappa shape index (κ3) is 3.27. The van der Waals surface area contributed by atoms with E-state index < -0.39 is 0 Å².